The minimum absolute atomic E-state index is 0.555. The smallest absolute Gasteiger partial charge is 0.164 e. The summed E-state index contributed by atoms with van der Waals surface area (Å²) < 4.78 is 15.4. The molecule has 266 valence electrons. The Balaban J connectivity index is 1.16. The van der Waals surface area contributed by atoms with Crippen LogP contribution in [0.25, 0.3) is 117 Å². The van der Waals surface area contributed by atoms with E-state index in [2.05, 4.69) is 138 Å². The molecule has 6 heteroatoms. The number of nitrogens with zero attached hydrogens (tertiary/aromatic N) is 4. The summed E-state index contributed by atoms with van der Waals surface area (Å²) in [5, 5.41) is 6.27. The molecule has 0 aliphatic rings. The van der Waals surface area contributed by atoms with E-state index in [9.17, 15) is 0 Å². The molecule has 0 spiro atoms. The number of hydrogen-bond acceptors (Lipinski definition) is 5. The number of fused-ring (bicyclic) bond motifs is 10. The number of para-hydroxylation sites is 3. The van der Waals surface area contributed by atoms with Crippen molar-refractivity contribution in [3.8, 4) is 51.0 Å². The first-order valence-electron chi connectivity index (χ1n) is 19.0. The van der Waals surface area contributed by atoms with Crippen LogP contribution in [0.2, 0.25) is 0 Å². The van der Waals surface area contributed by atoms with Crippen molar-refractivity contribution in [3.05, 3.63) is 182 Å². The van der Waals surface area contributed by atoms with E-state index >= 15 is 0 Å². The fraction of sp³-hybridized carbons (Fsp3) is 0. The maximum Gasteiger partial charge on any atom is 0.164 e. The zero-order valence-electron chi connectivity index (χ0n) is 30.4. The molecule has 4 aromatic heterocycles. The van der Waals surface area contributed by atoms with Gasteiger partial charge in [0.2, 0.25) is 0 Å². The number of rotatable bonds is 5. The van der Waals surface area contributed by atoms with Crippen LogP contribution < -0.4 is 0 Å². The second kappa shape index (κ2) is 12.3. The fourth-order valence-corrected chi connectivity index (χ4v) is 8.54. The molecule has 0 aliphatic heterocycles. The maximum atomic E-state index is 6.69. The molecule has 0 atom stereocenters. The Kier molecular flexibility index (Phi) is 6.83. The van der Waals surface area contributed by atoms with Crippen LogP contribution >= 0.6 is 0 Å². The lowest BCUT2D eigenvalue weighted by molar-refractivity contribution is 0.668. The molecule has 0 bridgehead atoms. The van der Waals surface area contributed by atoms with Crippen molar-refractivity contribution in [1.82, 2.24) is 19.5 Å². The average Bonchev–Trinajstić information content (AvgIpc) is 3.96. The van der Waals surface area contributed by atoms with E-state index in [4.69, 9.17) is 23.8 Å². The van der Waals surface area contributed by atoms with Gasteiger partial charge in [-0.15, -0.1) is 0 Å². The van der Waals surface area contributed by atoms with Crippen molar-refractivity contribution in [2.45, 2.75) is 0 Å². The summed E-state index contributed by atoms with van der Waals surface area (Å²) in [6, 6.07) is 62.5. The summed E-state index contributed by atoms with van der Waals surface area (Å²) in [6.45, 7) is 0. The third-order valence-electron chi connectivity index (χ3n) is 11.1. The van der Waals surface area contributed by atoms with Gasteiger partial charge in [0.15, 0.2) is 17.5 Å². The van der Waals surface area contributed by atoms with Crippen molar-refractivity contribution < 1.29 is 8.83 Å². The van der Waals surface area contributed by atoms with E-state index in [0.29, 0.717) is 17.5 Å². The van der Waals surface area contributed by atoms with Gasteiger partial charge < -0.3 is 13.4 Å². The van der Waals surface area contributed by atoms with Gasteiger partial charge in [0.25, 0.3) is 0 Å². The van der Waals surface area contributed by atoms with Crippen LogP contribution in [0, 0.1) is 0 Å². The van der Waals surface area contributed by atoms with Crippen LogP contribution in [0.1, 0.15) is 0 Å². The highest BCUT2D eigenvalue weighted by atomic mass is 16.3. The van der Waals surface area contributed by atoms with Crippen LogP contribution in [0.4, 0.5) is 0 Å². The van der Waals surface area contributed by atoms with Crippen molar-refractivity contribution in [1.29, 1.82) is 0 Å². The second-order valence-electron chi connectivity index (χ2n) is 14.3. The molecule has 0 aliphatic carbocycles. The molecule has 6 nitrogen and oxygen atoms in total. The molecule has 0 N–H and O–H groups in total. The zero-order chi connectivity index (χ0) is 37.5. The summed E-state index contributed by atoms with van der Waals surface area (Å²) in [4.78, 5) is 15.8. The summed E-state index contributed by atoms with van der Waals surface area (Å²) in [7, 11) is 0. The molecule has 0 unspecified atom stereocenters. The first-order chi connectivity index (χ1) is 28.3. The highest BCUT2D eigenvalue weighted by Crippen LogP contribution is 2.44. The van der Waals surface area contributed by atoms with E-state index in [1.54, 1.807) is 0 Å². The molecule has 12 aromatic rings. The first kappa shape index (κ1) is 31.5. The summed E-state index contributed by atoms with van der Waals surface area (Å²) >= 11 is 0. The highest BCUT2D eigenvalue weighted by Gasteiger charge is 2.24. The monoisotopic (exact) mass is 730 g/mol. The lowest BCUT2D eigenvalue weighted by Crippen LogP contribution is -2.01. The van der Waals surface area contributed by atoms with Gasteiger partial charge in [-0.2, -0.15) is 0 Å². The third-order valence-corrected chi connectivity index (χ3v) is 11.1. The van der Waals surface area contributed by atoms with E-state index in [0.717, 1.165) is 93.8 Å². The topological polar surface area (TPSA) is 69.9 Å². The van der Waals surface area contributed by atoms with Crippen molar-refractivity contribution in [3.63, 3.8) is 0 Å². The van der Waals surface area contributed by atoms with Crippen molar-refractivity contribution in [2.75, 3.05) is 0 Å². The molecule has 57 heavy (non-hydrogen) atoms. The Morgan fingerprint density at radius 2 is 0.877 bits per heavy atom. The van der Waals surface area contributed by atoms with Gasteiger partial charge in [-0.3, -0.25) is 0 Å². The minimum Gasteiger partial charge on any atom is -0.456 e. The average molecular weight is 731 g/mol. The van der Waals surface area contributed by atoms with Gasteiger partial charge in [0, 0.05) is 49.3 Å². The zero-order valence-corrected chi connectivity index (χ0v) is 30.4. The van der Waals surface area contributed by atoms with Crippen molar-refractivity contribution in [2.24, 2.45) is 0 Å². The lowest BCUT2D eigenvalue weighted by atomic mass is 10.0. The van der Waals surface area contributed by atoms with Gasteiger partial charge in [0.1, 0.15) is 22.3 Å². The Bertz CT molecular complexity index is 3510. The second-order valence-corrected chi connectivity index (χ2v) is 14.3. The highest BCUT2D eigenvalue weighted by molar-refractivity contribution is 6.26. The first-order valence-corrected chi connectivity index (χ1v) is 19.0. The van der Waals surface area contributed by atoms with E-state index < -0.39 is 0 Å². The predicted octanol–water partition coefficient (Wildman–Crippen LogP) is 13.4. The Labute approximate surface area is 325 Å². The predicted molar refractivity (Wildman–Crippen MR) is 230 cm³/mol. The number of aromatic nitrogens is 4. The molecule has 8 aromatic carbocycles. The SMILES string of the molecule is c1ccc(-c2ccc(-c3nc(-c4cccc5oc6ccccc6c45)nc(-c4cccc5oc6ccc7c8ccccc8n(-c8ccccc8)c7c6c45)n3)cc2)cc1. The minimum atomic E-state index is 0.555. The Hall–Kier alpha value is -7.83. The van der Waals surface area contributed by atoms with Gasteiger partial charge in [0.05, 0.1) is 16.4 Å². The van der Waals surface area contributed by atoms with Crippen LogP contribution in [0.5, 0.6) is 0 Å². The van der Waals surface area contributed by atoms with E-state index in [1.807, 2.05) is 48.5 Å². The molecule has 0 amide bonds. The molecule has 4 heterocycles. The van der Waals surface area contributed by atoms with Gasteiger partial charge >= 0.3 is 0 Å². The quantitative estimate of drug-likeness (QED) is 0.176. The molecule has 0 fully saturated rings. The van der Waals surface area contributed by atoms with E-state index in [-0.39, 0.29) is 0 Å². The number of furan rings is 2. The molecule has 0 saturated heterocycles. The molecular weight excluding hydrogens is 701 g/mol. The molecule has 12 rings (SSSR count). The van der Waals surface area contributed by atoms with Gasteiger partial charge in [-0.1, -0.05) is 133 Å². The normalized spacial score (nSPS) is 11.9. The summed E-state index contributed by atoms with van der Waals surface area (Å²) in [5.74, 6) is 1.69. The van der Waals surface area contributed by atoms with Crippen molar-refractivity contribution >= 4 is 65.7 Å². The maximum absolute atomic E-state index is 6.69. The third kappa shape index (κ3) is 4.87. The molecular formula is C51H30N4O2. The summed E-state index contributed by atoms with van der Waals surface area (Å²) in [6.07, 6.45) is 0. The number of benzene rings is 8. The van der Waals surface area contributed by atoms with Gasteiger partial charge in [-0.05, 0) is 59.7 Å². The van der Waals surface area contributed by atoms with Crippen LogP contribution in [0.15, 0.2) is 191 Å². The van der Waals surface area contributed by atoms with Crippen LogP contribution in [-0.2, 0) is 0 Å². The van der Waals surface area contributed by atoms with E-state index in [1.165, 1.54) is 5.39 Å². The fourth-order valence-electron chi connectivity index (χ4n) is 8.54. The lowest BCUT2D eigenvalue weighted by Gasteiger charge is -2.11. The standard InChI is InChI=1S/C51H30N4O2/c1-3-13-31(14-4-1)32-25-27-33(28-26-32)49-52-50(38-19-11-23-42-45(38)37-18-8-10-22-41(37)56-42)54-51(53-49)39-20-12-24-43-46(39)47-44(57-43)30-29-36-35-17-7-9-21-40(35)55(48(36)47)34-15-5-2-6-16-34/h1-30H. The largest absolute Gasteiger partial charge is 0.456 e. The Morgan fingerprint density at radius 1 is 0.333 bits per heavy atom. The van der Waals surface area contributed by atoms with Gasteiger partial charge in [-0.25, -0.2) is 15.0 Å². The Morgan fingerprint density at radius 3 is 1.65 bits per heavy atom. The van der Waals surface area contributed by atoms with Crippen LogP contribution in [0.3, 0.4) is 0 Å². The summed E-state index contributed by atoms with van der Waals surface area (Å²) in [5.41, 5.74) is 11.3. The molecule has 0 radical (unpaired) electrons. The number of hydrogen-bond donors (Lipinski definition) is 0. The molecule has 0 saturated carbocycles. The van der Waals surface area contributed by atoms with Crippen LogP contribution in [-0.4, -0.2) is 19.5 Å².